The number of nitrogens with one attached hydrogen (secondary N) is 1. The number of piperazine rings is 1. The van der Waals surface area contributed by atoms with Crippen molar-refractivity contribution in [3.05, 3.63) is 59.8 Å². The van der Waals surface area contributed by atoms with E-state index in [1.54, 1.807) is 13.3 Å². The van der Waals surface area contributed by atoms with Gasteiger partial charge in [0.15, 0.2) is 5.82 Å². The fourth-order valence-electron chi connectivity index (χ4n) is 8.38. The van der Waals surface area contributed by atoms with Gasteiger partial charge in [0, 0.05) is 62.0 Å². The third-order valence-electron chi connectivity index (χ3n) is 10.4. The zero-order chi connectivity index (χ0) is 32.4. The third-order valence-corrected chi connectivity index (χ3v) is 10.4. The number of fused-ring (bicyclic) bond motifs is 5. The maximum Gasteiger partial charge on any atom is 0.319 e. The number of nitrogens with zero attached hydrogens (tertiary/aromatic N) is 5. The van der Waals surface area contributed by atoms with Crippen LogP contribution in [0.25, 0.3) is 32.9 Å². The van der Waals surface area contributed by atoms with Crippen LogP contribution < -0.4 is 15.0 Å². The number of methoxy groups -OCH3 is 1. The summed E-state index contributed by atoms with van der Waals surface area (Å²) >= 11 is 0. The first kappa shape index (κ1) is 30.0. The lowest BCUT2D eigenvalue weighted by Gasteiger charge is -2.35. The Bertz CT molecular complexity index is 1970. The molecule has 9 nitrogen and oxygen atoms in total. The summed E-state index contributed by atoms with van der Waals surface area (Å²) in [4.78, 5) is 18.7. The van der Waals surface area contributed by atoms with E-state index in [2.05, 4.69) is 37.6 Å². The number of hydrogen-bond acceptors (Lipinski definition) is 9. The van der Waals surface area contributed by atoms with Gasteiger partial charge < -0.3 is 24.8 Å². The molecule has 4 atom stereocenters. The number of phenols is 1. The van der Waals surface area contributed by atoms with Crippen LogP contribution in [0.2, 0.25) is 0 Å². The molecule has 3 unspecified atom stereocenters. The van der Waals surface area contributed by atoms with Gasteiger partial charge in [0.2, 0.25) is 0 Å². The lowest BCUT2D eigenvalue weighted by atomic mass is 9.94. The van der Waals surface area contributed by atoms with Gasteiger partial charge in [-0.05, 0) is 55.7 Å². The molecule has 4 aliphatic rings. The molecule has 2 aromatic carbocycles. The molecule has 4 aromatic rings. The molecule has 4 saturated heterocycles. The molecule has 0 radical (unpaired) electrons. The molecule has 0 amide bonds. The van der Waals surface area contributed by atoms with Gasteiger partial charge in [0.1, 0.15) is 35.2 Å². The van der Waals surface area contributed by atoms with Gasteiger partial charge in [-0.2, -0.15) is 9.97 Å². The lowest BCUT2D eigenvalue weighted by molar-refractivity contribution is 0.0522. The van der Waals surface area contributed by atoms with Crippen molar-refractivity contribution in [1.82, 2.24) is 25.2 Å². The standard InChI is InChI=1S/C36H36F2N6O3/c1-4-26-29(37)8-5-21-11-25(45)12-27(30(21)26)32-31(38)33-28(14-39-32)34(43-16-22-6-7-23(17-43)40-22)42-35(41-33)47-19-36-10-9-24(18-46-3)44(36)15-20(2)13-36/h1,5,8,11-12,14,22-24,40,45H,2,6-7,9-10,13,15-19H2,3H3/t22?,23?,24?,36-/m0/s1. The molecule has 0 aliphatic carbocycles. The summed E-state index contributed by atoms with van der Waals surface area (Å²) in [6.45, 7) is 7.44. The molecule has 0 spiro atoms. The van der Waals surface area contributed by atoms with Crippen LogP contribution in [-0.4, -0.2) is 88.6 Å². The molecule has 242 valence electrons. The van der Waals surface area contributed by atoms with E-state index in [1.807, 2.05) is 0 Å². The van der Waals surface area contributed by atoms with Crippen molar-refractivity contribution in [2.24, 2.45) is 0 Å². The fourth-order valence-corrected chi connectivity index (χ4v) is 8.38. The van der Waals surface area contributed by atoms with Crippen molar-refractivity contribution >= 4 is 27.5 Å². The molecule has 8 rings (SSSR count). The summed E-state index contributed by atoms with van der Waals surface area (Å²) in [5.41, 5.74) is 0.951. The number of terminal acetylenes is 1. The third kappa shape index (κ3) is 4.98. The van der Waals surface area contributed by atoms with Crippen molar-refractivity contribution in [1.29, 1.82) is 0 Å². The summed E-state index contributed by atoms with van der Waals surface area (Å²) in [6.07, 6.45) is 12.1. The Morgan fingerprint density at radius 3 is 2.74 bits per heavy atom. The highest BCUT2D eigenvalue weighted by atomic mass is 19.1. The zero-order valence-electron chi connectivity index (χ0n) is 26.2. The smallest absolute Gasteiger partial charge is 0.319 e. The Hall–Kier alpha value is -4.37. The average Bonchev–Trinajstić information content (AvgIpc) is 3.69. The SMILES string of the molecule is C#Cc1c(F)ccc2cc(O)cc(-c3ncc4c(N5CC6CCC(C5)N6)nc(OC[C@@]56CCC(COC)N5CC(=C)C6)nc4c3F)c12. The summed E-state index contributed by atoms with van der Waals surface area (Å²) in [6, 6.07) is 6.51. The number of hydrogen-bond donors (Lipinski definition) is 2. The number of benzene rings is 2. The largest absolute Gasteiger partial charge is 0.508 e. The topological polar surface area (TPSA) is 95.9 Å². The second-order valence-electron chi connectivity index (χ2n) is 13.4. The van der Waals surface area contributed by atoms with Crippen molar-refractivity contribution < 1.29 is 23.4 Å². The Balaban J connectivity index is 1.25. The zero-order valence-corrected chi connectivity index (χ0v) is 26.2. The van der Waals surface area contributed by atoms with Crippen molar-refractivity contribution in [2.75, 3.05) is 44.9 Å². The van der Waals surface area contributed by atoms with Crippen LogP contribution in [0.1, 0.15) is 37.7 Å². The first-order valence-corrected chi connectivity index (χ1v) is 16.1. The fraction of sp³-hybridized carbons (Fsp3) is 0.417. The van der Waals surface area contributed by atoms with E-state index in [0.29, 0.717) is 55.0 Å². The lowest BCUT2D eigenvalue weighted by Crippen LogP contribution is -2.51. The van der Waals surface area contributed by atoms with Gasteiger partial charge in [-0.3, -0.25) is 9.88 Å². The Kier molecular flexibility index (Phi) is 7.28. The Labute approximate surface area is 271 Å². The van der Waals surface area contributed by atoms with E-state index >= 15 is 4.39 Å². The molecule has 0 saturated carbocycles. The Morgan fingerprint density at radius 2 is 1.98 bits per heavy atom. The van der Waals surface area contributed by atoms with Crippen LogP contribution in [0.3, 0.4) is 0 Å². The minimum atomic E-state index is -0.733. The van der Waals surface area contributed by atoms with E-state index in [4.69, 9.17) is 20.9 Å². The van der Waals surface area contributed by atoms with E-state index in [-0.39, 0.29) is 51.1 Å². The summed E-state index contributed by atoms with van der Waals surface area (Å²) in [5, 5.41) is 15.4. The maximum absolute atomic E-state index is 16.9. The van der Waals surface area contributed by atoms with Gasteiger partial charge >= 0.3 is 6.01 Å². The minimum absolute atomic E-state index is 0.0323. The number of phenolic OH excluding ortho intramolecular Hbond substituents is 1. The molecular weight excluding hydrogens is 602 g/mol. The van der Waals surface area contributed by atoms with Gasteiger partial charge in [-0.15, -0.1) is 6.42 Å². The monoisotopic (exact) mass is 638 g/mol. The number of aromatic hydroxyl groups is 1. The van der Waals surface area contributed by atoms with Gasteiger partial charge in [0.25, 0.3) is 0 Å². The number of halogens is 2. The second-order valence-corrected chi connectivity index (χ2v) is 13.4. The molecule has 4 fully saturated rings. The average molecular weight is 639 g/mol. The van der Waals surface area contributed by atoms with Crippen LogP contribution in [-0.2, 0) is 4.74 Å². The van der Waals surface area contributed by atoms with Crippen LogP contribution in [0.15, 0.2) is 42.6 Å². The highest BCUT2D eigenvalue weighted by molar-refractivity contribution is 6.03. The van der Waals surface area contributed by atoms with Gasteiger partial charge in [0.05, 0.1) is 23.1 Å². The number of rotatable bonds is 7. The molecule has 2 bridgehead atoms. The quantitative estimate of drug-likeness (QED) is 0.216. The highest BCUT2D eigenvalue weighted by Gasteiger charge is 2.51. The minimum Gasteiger partial charge on any atom is -0.508 e. The number of pyridine rings is 1. The second kappa shape index (κ2) is 11.4. The van der Waals surface area contributed by atoms with Crippen molar-refractivity contribution in [3.63, 3.8) is 0 Å². The van der Waals surface area contributed by atoms with Crippen LogP contribution >= 0.6 is 0 Å². The predicted molar refractivity (Wildman–Crippen MR) is 176 cm³/mol. The van der Waals surface area contributed by atoms with Gasteiger partial charge in [-0.1, -0.05) is 24.1 Å². The van der Waals surface area contributed by atoms with Crippen molar-refractivity contribution in [2.45, 2.75) is 55.8 Å². The van der Waals surface area contributed by atoms with E-state index < -0.39 is 11.6 Å². The van der Waals surface area contributed by atoms with Crippen LogP contribution in [0, 0.1) is 24.0 Å². The molecular formula is C36H36F2N6O3. The number of ether oxygens (including phenoxy) is 2. The Morgan fingerprint density at radius 1 is 1.17 bits per heavy atom. The van der Waals surface area contributed by atoms with E-state index in [0.717, 1.165) is 44.2 Å². The van der Waals surface area contributed by atoms with E-state index in [1.165, 1.54) is 24.3 Å². The predicted octanol–water partition coefficient (Wildman–Crippen LogP) is 4.94. The normalized spacial score (nSPS) is 25.5. The molecule has 2 N–H and O–H groups in total. The summed E-state index contributed by atoms with van der Waals surface area (Å²) < 4.78 is 43.7. The number of aromatic nitrogens is 3. The molecule has 6 heterocycles. The summed E-state index contributed by atoms with van der Waals surface area (Å²) in [7, 11) is 1.72. The molecule has 2 aromatic heterocycles. The van der Waals surface area contributed by atoms with Crippen LogP contribution in [0.4, 0.5) is 14.6 Å². The first-order chi connectivity index (χ1) is 22.8. The van der Waals surface area contributed by atoms with Crippen LogP contribution in [0.5, 0.6) is 11.8 Å². The summed E-state index contributed by atoms with van der Waals surface area (Å²) in [5.74, 6) is 1.47. The maximum atomic E-state index is 16.9. The van der Waals surface area contributed by atoms with Gasteiger partial charge in [-0.25, -0.2) is 8.78 Å². The van der Waals surface area contributed by atoms with E-state index in [9.17, 15) is 9.50 Å². The molecule has 4 aliphatic heterocycles. The highest BCUT2D eigenvalue weighted by Crippen LogP contribution is 2.45. The molecule has 47 heavy (non-hydrogen) atoms. The number of anilines is 1. The van der Waals surface area contributed by atoms with Crippen molar-refractivity contribution in [3.8, 4) is 35.4 Å². The molecule has 11 heteroatoms. The first-order valence-electron chi connectivity index (χ1n) is 16.1.